The summed E-state index contributed by atoms with van der Waals surface area (Å²) in [4.78, 5) is 4.26. The van der Waals surface area contributed by atoms with E-state index in [-0.39, 0.29) is 5.92 Å². The number of nitrogens with one attached hydrogen (secondary N) is 1. The van der Waals surface area contributed by atoms with Crippen LogP contribution in [0.2, 0.25) is 0 Å². The zero-order valence-electron chi connectivity index (χ0n) is 7.83. The predicted molar refractivity (Wildman–Crippen MR) is 47.8 cm³/mol. The van der Waals surface area contributed by atoms with Gasteiger partial charge < -0.3 is 5.73 Å². The fourth-order valence-corrected chi connectivity index (χ4v) is 1.20. The molecule has 0 aliphatic rings. The Kier molecular flexibility index (Phi) is 2.81. The molecule has 0 aromatic carbocycles. The zero-order valence-corrected chi connectivity index (χ0v) is 7.83. The number of aromatic nitrogens is 3. The van der Waals surface area contributed by atoms with Gasteiger partial charge >= 0.3 is 0 Å². The van der Waals surface area contributed by atoms with Crippen molar-refractivity contribution in [1.82, 2.24) is 15.2 Å². The second-order valence-electron chi connectivity index (χ2n) is 3.37. The van der Waals surface area contributed by atoms with Crippen molar-refractivity contribution in [3.05, 3.63) is 11.6 Å². The summed E-state index contributed by atoms with van der Waals surface area (Å²) in [5.74, 6) is 2.45. The van der Waals surface area contributed by atoms with Gasteiger partial charge in [0, 0.05) is 12.5 Å². The third-order valence-electron chi connectivity index (χ3n) is 2.00. The van der Waals surface area contributed by atoms with Crippen LogP contribution in [0.3, 0.4) is 0 Å². The Labute approximate surface area is 72.6 Å². The van der Waals surface area contributed by atoms with E-state index in [1.165, 1.54) is 0 Å². The molecule has 1 aromatic rings. The Bertz CT molecular complexity index is 241. The molecule has 0 spiro atoms. The summed E-state index contributed by atoms with van der Waals surface area (Å²) >= 11 is 0. The topological polar surface area (TPSA) is 67.6 Å². The predicted octanol–water partition coefficient (Wildman–Crippen LogP) is 0.811. The molecule has 0 saturated heterocycles. The standard InChI is InChI=1S/C8H16N4/c1-5(2)7(4-9)8-10-6(3)11-12-8/h5,7H,4,9H2,1-3H3,(H,10,11,12). The van der Waals surface area contributed by atoms with Crippen molar-refractivity contribution in [3.63, 3.8) is 0 Å². The SMILES string of the molecule is Cc1nc(C(CN)C(C)C)n[nH]1. The molecule has 0 radical (unpaired) electrons. The van der Waals surface area contributed by atoms with Gasteiger partial charge in [0.05, 0.1) is 0 Å². The van der Waals surface area contributed by atoms with E-state index in [4.69, 9.17) is 5.73 Å². The van der Waals surface area contributed by atoms with Crippen LogP contribution in [-0.4, -0.2) is 21.7 Å². The second kappa shape index (κ2) is 3.67. The minimum absolute atomic E-state index is 0.273. The van der Waals surface area contributed by atoms with Gasteiger partial charge in [-0.1, -0.05) is 13.8 Å². The smallest absolute Gasteiger partial charge is 0.155 e. The van der Waals surface area contributed by atoms with E-state index in [1.807, 2.05) is 6.92 Å². The van der Waals surface area contributed by atoms with Crippen LogP contribution >= 0.6 is 0 Å². The monoisotopic (exact) mass is 168 g/mol. The van der Waals surface area contributed by atoms with E-state index in [0.29, 0.717) is 12.5 Å². The number of nitrogens with zero attached hydrogens (tertiary/aromatic N) is 2. The van der Waals surface area contributed by atoms with Crippen molar-refractivity contribution < 1.29 is 0 Å². The van der Waals surface area contributed by atoms with Crippen LogP contribution in [0.5, 0.6) is 0 Å². The number of H-pyrrole nitrogens is 1. The first-order valence-electron chi connectivity index (χ1n) is 4.24. The Hall–Kier alpha value is -0.900. The van der Waals surface area contributed by atoms with E-state index in [0.717, 1.165) is 11.6 Å². The normalized spacial score (nSPS) is 13.8. The van der Waals surface area contributed by atoms with Gasteiger partial charge in [-0.05, 0) is 12.8 Å². The van der Waals surface area contributed by atoms with Crippen molar-refractivity contribution in [1.29, 1.82) is 0 Å². The summed E-state index contributed by atoms with van der Waals surface area (Å²) < 4.78 is 0. The highest BCUT2D eigenvalue weighted by atomic mass is 15.2. The van der Waals surface area contributed by atoms with Crippen molar-refractivity contribution in [2.75, 3.05) is 6.54 Å². The minimum atomic E-state index is 0.273. The summed E-state index contributed by atoms with van der Waals surface area (Å²) in [6.07, 6.45) is 0. The average Bonchev–Trinajstić information content (AvgIpc) is 2.37. The Morgan fingerprint density at radius 2 is 2.17 bits per heavy atom. The number of nitrogens with two attached hydrogens (primary N) is 1. The summed E-state index contributed by atoms with van der Waals surface area (Å²) in [6, 6.07) is 0. The fourth-order valence-electron chi connectivity index (χ4n) is 1.20. The summed E-state index contributed by atoms with van der Waals surface area (Å²) in [5.41, 5.74) is 5.62. The maximum Gasteiger partial charge on any atom is 0.155 e. The maximum atomic E-state index is 5.62. The molecule has 1 heterocycles. The van der Waals surface area contributed by atoms with Gasteiger partial charge in [0.15, 0.2) is 5.82 Å². The van der Waals surface area contributed by atoms with Crippen molar-refractivity contribution >= 4 is 0 Å². The lowest BCUT2D eigenvalue weighted by Gasteiger charge is -2.14. The Balaban J connectivity index is 2.80. The molecule has 4 heteroatoms. The molecule has 4 nitrogen and oxygen atoms in total. The van der Waals surface area contributed by atoms with E-state index in [1.54, 1.807) is 0 Å². The molecular weight excluding hydrogens is 152 g/mol. The highest BCUT2D eigenvalue weighted by Crippen LogP contribution is 2.19. The van der Waals surface area contributed by atoms with Crippen LogP contribution in [0.15, 0.2) is 0 Å². The second-order valence-corrected chi connectivity index (χ2v) is 3.37. The summed E-state index contributed by atoms with van der Waals surface area (Å²) in [5, 5.41) is 6.91. The molecule has 1 atom stereocenters. The Morgan fingerprint density at radius 1 is 1.50 bits per heavy atom. The van der Waals surface area contributed by atoms with Crippen LogP contribution in [0, 0.1) is 12.8 Å². The summed E-state index contributed by atoms with van der Waals surface area (Å²) in [7, 11) is 0. The van der Waals surface area contributed by atoms with Crippen molar-refractivity contribution in [2.45, 2.75) is 26.7 Å². The quantitative estimate of drug-likeness (QED) is 0.701. The lowest BCUT2D eigenvalue weighted by molar-refractivity contribution is 0.484. The van der Waals surface area contributed by atoms with Gasteiger partial charge in [-0.25, -0.2) is 4.98 Å². The maximum absolute atomic E-state index is 5.62. The molecule has 0 fully saturated rings. The molecule has 1 unspecified atom stereocenters. The molecule has 1 aromatic heterocycles. The van der Waals surface area contributed by atoms with Gasteiger partial charge in [-0.3, -0.25) is 5.10 Å². The highest BCUT2D eigenvalue weighted by molar-refractivity contribution is 4.98. The average molecular weight is 168 g/mol. The molecule has 3 N–H and O–H groups in total. The first-order chi connectivity index (χ1) is 5.65. The minimum Gasteiger partial charge on any atom is -0.330 e. The molecule has 0 saturated carbocycles. The van der Waals surface area contributed by atoms with Gasteiger partial charge in [0.25, 0.3) is 0 Å². The lowest BCUT2D eigenvalue weighted by atomic mass is 9.95. The molecule has 0 aliphatic carbocycles. The molecular formula is C8H16N4. The number of hydrogen-bond acceptors (Lipinski definition) is 3. The van der Waals surface area contributed by atoms with E-state index >= 15 is 0 Å². The highest BCUT2D eigenvalue weighted by Gasteiger charge is 2.17. The summed E-state index contributed by atoms with van der Waals surface area (Å²) in [6.45, 7) is 6.76. The van der Waals surface area contributed by atoms with Gasteiger partial charge in [0.1, 0.15) is 5.82 Å². The number of hydrogen-bond donors (Lipinski definition) is 2. The van der Waals surface area contributed by atoms with Crippen LogP contribution in [0.1, 0.15) is 31.4 Å². The van der Waals surface area contributed by atoms with Crippen molar-refractivity contribution in [2.24, 2.45) is 11.7 Å². The molecule has 12 heavy (non-hydrogen) atoms. The Morgan fingerprint density at radius 3 is 2.50 bits per heavy atom. The first kappa shape index (κ1) is 9.19. The van der Waals surface area contributed by atoms with Crippen molar-refractivity contribution in [3.8, 4) is 0 Å². The van der Waals surface area contributed by atoms with Gasteiger partial charge in [-0.2, -0.15) is 5.10 Å². The molecule has 0 aliphatic heterocycles. The van der Waals surface area contributed by atoms with E-state index in [9.17, 15) is 0 Å². The lowest BCUT2D eigenvalue weighted by Crippen LogP contribution is -2.19. The van der Waals surface area contributed by atoms with E-state index in [2.05, 4.69) is 29.0 Å². The van der Waals surface area contributed by atoms with E-state index < -0.39 is 0 Å². The molecule has 1 rings (SSSR count). The third kappa shape index (κ3) is 1.82. The number of aryl methyl sites for hydroxylation is 1. The number of rotatable bonds is 3. The van der Waals surface area contributed by atoms with Crippen LogP contribution in [-0.2, 0) is 0 Å². The number of aromatic amines is 1. The van der Waals surface area contributed by atoms with Crippen LogP contribution < -0.4 is 5.73 Å². The van der Waals surface area contributed by atoms with Gasteiger partial charge in [0.2, 0.25) is 0 Å². The molecule has 68 valence electrons. The largest absolute Gasteiger partial charge is 0.330 e. The zero-order chi connectivity index (χ0) is 9.14. The first-order valence-corrected chi connectivity index (χ1v) is 4.24. The van der Waals surface area contributed by atoms with Gasteiger partial charge in [-0.15, -0.1) is 0 Å². The molecule has 0 amide bonds. The van der Waals surface area contributed by atoms with Crippen LogP contribution in [0.25, 0.3) is 0 Å². The van der Waals surface area contributed by atoms with Crippen LogP contribution in [0.4, 0.5) is 0 Å². The molecule has 0 bridgehead atoms. The third-order valence-corrected chi connectivity index (χ3v) is 2.00. The fraction of sp³-hybridized carbons (Fsp3) is 0.750.